The van der Waals surface area contributed by atoms with Gasteiger partial charge in [-0.1, -0.05) is 137 Å². The second kappa shape index (κ2) is 14.6. The maximum Gasteiger partial charge on any atom is 0.261 e. The Bertz CT molecular complexity index is 1160. The molecule has 3 aromatic carbocycles. The Balaban J connectivity index is 1.61. The third-order valence-electron chi connectivity index (χ3n) is 7.57. The van der Waals surface area contributed by atoms with Crippen molar-refractivity contribution in [2.24, 2.45) is 0 Å². The van der Waals surface area contributed by atoms with Crippen LogP contribution in [-0.4, -0.2) is 4.57 Å². The fraction of sp³-hybridized carbons (Fsp3) is 0.400. The van der Waals surface area contributed by atoms with E-state index < -0.39 is 0 Å². The zero-order valence-electron chi connectivity index (χ0n) is 23.0. The monoisotopic (exact) mass is 493 g/mol. The molecule has 4 rings (SSSR count). The van der Waals surface area contributed by atoms with E-state index in [4.69, 9.17) is 0 Å². The summed E-state index contributed by atoms with van der Waals surface area (Å²) in [5, 5.41) is 0. The number of benzene rings is 3. The minimum atomic E-state index is 0.474. The lowest BCUT2D eigenvalue weighted by Crippen LogP contribution is -2.37. The summed E-state index contributed by atoms with van der Waals surface area (Å²) < 4.78 is 5.19. The average Bonchev–Trinajstić information content (AvgIpc) is 3.24. The van der Waals surface area contributed by atoms with Gasteiger partial charge >= 0.3 is 0 Å². The lowest BCUT2D eigenvalue weighted by atomic mass is 9.96. The van der Waals surface area contributed by atoms with E-state index in [2.05, 4.69) is 120 Å². The molecule has 0 radical (unpaired) electrons. The number of rotatable bonds is 15. The fourth-order valence-electron chi connectivity index (χ4n) is 5.39. The molecule has 1 aromatic heterocycles. The van der Waals surface area contributed by atoms with Gasteiger partial charge in [0.25, 0.3) is 5.82 Å². The first-order valence-corrected chi connectivity index (χ1v) is 14.5. The molecule has 0 aliphatic rings. The number of aryl methyl sites for hydroxylation is 1. The summed E-state index contributed by atoms with van der Waals surface area (Å²) in [4.78, 5) is 0. The van der Waals surface area contributed by atoms with E-state index >= 15 is 0 Å². The molecule has 0 saturated carbocycles. The lowest BCUT2D eigenvalue weighted by molar-refractivity contribution is -0.704. The zero-order valence-corrected chi connectivity index (χ0v) is 23.0. The Morgan fingerprint density at radius 1 is 0.676 bits per heavy atom. The summed E-state index contributed by atoms with van der Waals surface area (Å²) in [5.41, 5.74) is 5.60. The first-order chi connectivity index (χ1) is 18.2. The van der Waals surface area contributed by atoms with Crippen LogP contribution in [0.2, 0.25) is 0 Å². The van der Waals surface area contributed by atoms with Gasteiger partial charge in [-0.3, -0.25) is 0 Å². The highest BCUT2D eigenvalue weighted by atomic mass is 15.2. The molecule has 0 amide bonds. The molecule has 4 aromatic rings. The maximum atomic E-state index is 2.61. The highest BCUT2D eigenvalue weighted by molar-refractivity contribution is 5.24. The van der Waals surface area contributed by atoms with Crippen molar-refractivity contribution in [1.29, 1.82) is 0 Å². The minimum absolute atomic E-state index is 0.474. The van der Waals surface area contributed by atoms with Crippen molar-refractivity contribution >= 4 is 0 Å². The summed E-state index contributed by atoms with van der Waals surface area (Å²) >= 11 is 0. The van der Waals surface area contributed by atoms with Crippen LogP contribution < -0.4 is 4.57 Å². The topological polar surface area (TPSA) is 8.81 Å². The Morgan fingerprint density at radius 2 is 1.24 bits per heavy atom. The predicted molar refractivity (Wildman–Crippen MR) is 156 cm³/mol. The summed E-state index contributed by atoms with van der Waals surface area (Å²) in [6, 6.07) is 32.9. The first kappa shape index (κ1) is 26.9. The van der Waals surface area contributed by atoms with Crippen molar-refractivity contribution in [3.05, 3.63) is 125 Å². The zero-order chi connectivity index (χ0) is 25.7. The van der Waals surface area contributed by atoms with Crippen LogP contribution in [0.25, 0.3) is 0 Å². The predicted octanol–water partition coefficient (Wildman–Crippen LogP) is 8.51. The van der Waals surface area contributed by atoms with Crippen molar-refractivity contribution in [3.63, 3.8) is 0 Å². The van der Waals surface area contributed by atoms with Gasteiger partial charge in [0.05, 0.1) is 13.0 Å². The van der Waals surface area contributed by atoms with E-state index in [0.717, 1.165) is 25.9 Å². The van der Waals surface area contributed by atoms with Crippen LogP contribution >= 0.6 is 0 Å². The average molecular weight is 494 g/mol. The highest BCUT2D eigenvalue weighted by Gasteiger charge is 2.25. The molecule has 0 fully saturated rings. The summed E-state index contributed by atoms with van der Waals surface area (Å²) in [6.45, 7) is 6.68. The third-order valence-corrected chi connectivity index (χ3v) is 7.57. The van der Waals surface area contributed by atoms with Crippen molar-refractivity contribution in [2.45, 2.75) is 90.6 Å². The van der Waals surface area contributed by atoms with E-state index in [1.54, 1.807) is 0 Å². The van der Waals surface area contributed by atoms with E-state index in [9.17, 15) is 0 Å². The highest BCUT2D eigenvalue weighted by Crippen LogP contribution is 2.23. The lowest BCUT2D eigenvalue weighted by Gasteiger charge is -2.12. The molecule has 0 saturated heterocycles. The maximum absolute atomic E-state index is 2.61. The third kappa shape index (κ3) is 8.18. The smallest absolute Gasteiger partial charge is 0.234 e. The van der Waals surface area contributed by atoms with Gasteiger partial charge in [-0.05, 0) is 35.4 Å². The van der Waals surface area contributed by atoms with Crippen LogP contribution in [-0.2, 0) is 25.9 Å². The number of nitrogens with zero attached hydrogens (tertiary/aromatic N) is 2. The number of hydrogen-bond acceptors (Lipinski definition) is 0. The van der Waals surface area contributed by atoms with Crippen molar-refractivity contribution in [1.82, 2.24) is 4.57 Å². The van der Waals surface area contributed by atoms with Gasteiger partial charge in [0.15, 0.2) is 0 Å². The van der Waals surface area contributed by atoms with Crippen LogP contribution in [0.5, 0.6) is 0 Å². The second-order valence-corrected chi connectivity index (χ2v) is 10.6. The van der Waals surface area contributed by atoms with Gasteiger partial charge in [0.2, 0.25) is 0 Å². The van der Waals surface area contributed by atoms with Gasteiger partial charge in [-0.25, -0.2) is 9.13 Å². The Kier molecular flexibility index (Phi) is 10.6. The van der Waals surface area contributed by atoms with Gasteiger partial charge in [0, 0.05) is 6.42 Å². The van der Waals surface area contributed by atoms with Crippen LogP contribution in [0.3, 0.4) is 0 Å². The Morgan fingerprint density at radius 3 is 1.89 bits per heavy atom. The normalized spacial score (nSPS) is 12.1. The van der Waals surface area contributed by atoms with Gasteiger partial charge < -0.3 is 0 Å². The van der Waals surface area contributed by atoms with Crippen LogP contribution in [0.15, 0.2) is 97.2 Å². The minimum Gasteiger partial charge on any atom is -0.234 e. The van der Waals surface area contributed by atoms with Crippen LogP contribution in [0, 0.1) is 0 Å². The van der Waals surface area contributed by atoms with Gasteiger partial charge in [-0.15, -0.1) is 0 Å². The largest absolute Gasteiger partial charge is 0.261 e. The summed E-state index contributed by atoms with van der Waals surface area (Å²) in [7, 11) is 0. The van der Waals surface area contributed by atoms with Crippen molar-refractivity contribution in [3.8, 4) is 0 Å². The first-order valence-electron chi connectivity index (χ1n) is 14.5. The molecular weight excluding hydrogens is 448 g/mol. The fourth-order valence-corrected chi connectivity index (χ4v) is 5.39. The molecule has 1 atom stereocenters. The molecule has 1 heterocycles. The quantitative estimate of drug-likeness (QED) is 0.116. The molecule has 0 bridgehead atoms. The Labute approximate surface area is 225 Å². The van der Waals surface area contributed by atoms with E-state index in [1.165, 1.54) is 73.2 Å². The standard InChI is InChI=1S/C35H45N2/c1-3-4-5-6-7-8-18-25-36-29-34(26-30(2)33-23-16-11-17-24-33)37(28-32-21-14-10-15-22-32)35(36)27-31-19-12-9-13-20-31/h9-17,19-24,29-30H,3-8,18,25-28H2,1-2H3/q+1. The number of imidazole rings is 1. The second-order valence-electron chi connectivity index (χ2n) is 10.6. The molecule has 0 aliphatic heterocycles. The number of aromatic nitrogens is 2. The SMILES string of the molecule is CCCCCCCCC[n+]1cc(CC(C)c2ccccc2)n(Cc2ccccc2)c1Cc1ccccc1. The summed E-state index contributed by atoms with van der Waals surface area (Å²) in [6.07, 6.45) is 13.9. The van der Waals surface area contributed by atoms with E-state index in [-0.39, 0.29) is 0 Å². The molecular formula is C35H45N2+. The molecule has 194 valence electrons. The number of unbranched alkanes of at least 4 members (excludes halogenated alkanes) is 6. The van der Waals surface area contributed by atoms with Crippen molar-refractivity contribution in [2.75, 3.05) is 0 Å². The molecule has 0 N–H and O–H groups in total. The molecule has 0 aliphatic carbocycles. The van der Waals surface area contributed by atoms with E-state index in [0.29, 0.717) is 5.92 Å². The molecule has 0 spiro atoms. The molecule has 37 heavy (non-hydrogen) atoms. The summed E-state index contributed by atoms with van der Waals surface area (Å²) in [5.74, 6) is 1.90. The molecule has 2 heteroatoms. The molecule has 2 nitrogen and oxygen atoms in total. The Hall–Kier alpha value is -3.13. The van der Waals surface area contributed by atoms with Crippen LogP contribution in [0.1, 0.15) is 92.9 Å². The van der Waals surface area contributed by atoms with Gasteiger partial charge in [-0.2, -0.15) is 0 Å². The van der Waals surface area contributed by atoms with Crippen LogP contribution in [0.4, 0.5) is 0 Å². The van der Waals surface area contributed by atoms with E-state index in [1.807, 2.05) is 0 Å². The number of hydrogen-bond donors (Lipinski definition) is 0. The van der Waals surface area contributed by atoms with Crippen molar-refractivity contribution < 1.29 is 4.57 Å². The molecule has 1 unspecified atom stereocenters. The van der Waals surface area contributed by atoms with Gasteiger partial charge in [0.1, 0.15) is 18.4 Å².